The molecule has 0 aliphatic heterocycles. The monoisotopic (exact) mass is 238 g/mol. The number of hydrogen-bond donors (Lipinski definition) is 2. The van der Waals surface area contributed by atoms with Crippen molar-refractivity contribution in [1.82, 2.24) is 10.6 Å². The van der Waals surface area contributed by atoms with Crippen molar-refractivity contribution in [1.29, 1.82) is 0 Å². The highest BCUT2D eigenvalue weighted by molar-refractivity contribution is 5.75. The summed E-state index contributed by atoms with van der Waals surface area (Å²) in [4.78, 5) is 11.1. The Hall–Kier alpha value is -0.570. The van der Waals surface area contributed by atoms with Gasteiger partial charge in [0, 0.05) is 26.1 Å². The minimum atomic E-state index is 0.139. The van der Waals surface area contributed by atoms with Gasteiger partial charge in [-0.1, -0.05) is 12.8 Å². The number of carbonyl (C=O) groups is 1. The van der Waals surface area contributed by atoms with Gasteiger partial charge in [-0.05, 0) is 43.9 Å². The summed E-state index contributed by atoms with van der Waals surface area (Å²) in [7, 11) is 1.70. The van der Waals surface area contributed by atoms with Crippen LogP contribution in [0.1, 0.15) is 57.8 Å². The molecule has 0 bridgehead atoms. The van der Waals surface area contributed by atoms with Gasteiger partial charge in [-0.15, -0.1) is 0 Å². The molecule has 2 aliphatic rings. The zero-order chi connectivity index (χ0) is 12.1. The summed E-state index contributed by atoms with van der Waals surface area (Å²) in [6, 6.07) is 0.658. The molecule has 0 aromatic carbocycles. The van der Waals surface area contributed by atoms with E-state index in [4.69, 9.17) is 0 Å². The fourth-order valence-corrected chi connectivity index (χ4v) is 3.57. The third-order valence-corrected chi connectivity index (χ3v) is 4.77. The van der Waals surface area contributed by atoms with Crippen molar-refractivity contribution in [2.75, 3.05) is 13.6 Å². The summed E-state index contributed by atoms with van der Waals surface area (Å²) in [6.07, 6.45) is 11.9. The van der Waals surface area contributed by atoms with Gasteiger partial charge in [0.2, 0.25) is 5.91 Å². The summed E-state index contributed by atoms with van der Waals surface area (Å²) >= 11 is 0. The van der Waals surface area contributed by atoms with Crippen molar-refractivity contribution >= 4 is 5.91 Å². The fraction of sp³-hybridized carbons (Fsp3) is 0.929. The van der Waals surface area contributed by atoms with Crippen molar-refractivity contribution in [2.24, 2.45) is 5.41 Å². The van der Waals surface area contributed by atoms with E-state index in [1.54, 1.807) is 7.05 Å². The van der Waals surface area contributed by atoms with E-state index < -0.39 is 0 Å². The minimum Gasteiger partial charge on any atom is -0.359 e. The Labute approximate surface area is 105 Å². The van der Waals surface area contributed by atoms with Crippen LogP contribution in [0.5, 0.6) is 0 Å². The molecule has 2 saturated carbocycles. The molecular weight excluding hydrogens is 212 g/mol. The van der Waals surface area contributed by atoms with Crippen molar-refractivity contribution < 1.29 is 4.79 Å². The first-order chi connectivity index (χ1) is 8.24. The number of nitrogens with one attached hydrogen (secondary N) is 2. The van der Waals surface area contributed by atoms with Crippen LogP contribution >= 0.6 is 0 Å². The molecular formula is C14H26N2O. The Kier molecular flexibility index (Phi) is 4.43. The Bertz CT molecular complexity index is 249. The van der Waals surface area contributed by atoms with E-state index in [0.29, 0.717) is 12.5 Å². The highest BCUT2D eigenvalue weighted by Crippen LogP contribution is 2.48. The molecule has 1 amide bonds. The van der Waals surface area contributed by atoms with Crippen LogP contribution < -0.4 is 10.6 Å². The third-order valence-electron chi connectivity index (χ3n) is 4.77. The lowest BCUT2D eigenvalue weighted by atomic mass is 9.71. The highest BCUT2D eigenvalue weighted by atomic mass is 16.1. The number of amides is 1. The average molecular weight is 238 g/mol. The third kappa shape index (κ3) is 3.44. The molecule has 0 heterocycles. The number of rotatable bonds is 4. The summed E-state index contributed by atoms with van der Waals surface area (Å²) < 4.78 is 0. The van der Waals surface area contributed by atoms with Crippen molar-refractivity contribution in [3.63, 3.8) is 0 Å². The largest absolute Gasteiger partial charge is 0.359 e. The Morgan fingerprint density at radius 2 is 1.82 bits per heavy atom. The molecule has 0 saturated heterocycles. The van der Waals surface area contributed by atoms with Gasteiger partial charge in [-0.2, -0.15) is 0 Å². The molecule has 2 aliphatic carbocycles. The van der Waals surface area contributed by atoms with Gasteiger partial charge in [0.1, 0.15) is 0 Å². The SMILES string of the molecule is CNC(=O)CCNC1CCC2(CCCC2)CC1. The standard InChI is InChI=1S/C14H26N2O/c1-15-13(17)6-11-16-12-4-9-14(10-5-12)7-2-3-8-14/h12,16H,2-11H2,1H3,(H,15,17). The molecule has 0 atom stereocenters. The van der Waals surface area contributed by atoms with Crippen molar-refractivity contribution in [3.05, 3.63) is 0 Å². The van der Waals surface area contributed by atoms with Crippen LogP contribution in [0.25, 0.3) is 0 Å². The first kappa shape index (κ1) is 12.9. The van der Waals surface area contributed by atoms with E-state index in [0.717, 1.165) is 12.0 Å². The van der Waals surface area contributed by atoms with Gasteiger partial charge < -0.3 is 10.6 Å². The topological polar surface area (TPSA) is 41.1 Å². The molecule has 1 spiro atoms. The highest BCUT2D eigenvalue weighted by Gasteiger charge is 2.37. The molecule has 3 nitrogen and oxygen atoms in total. The Balaban J connectivity index is 1.63. The fourth-order valence-electron chi connectivity index (χ4n) is 3.57. The van der Waals surface area contributed by atoms with Crippen LogP contribution in [0.2, 0.25) is 0 Å². The number of carbonyl (C=O) groups excluding carboxylic acids is 1. The van der Waals surface area contributed by atoms with E-state index in [-0.39, 0.29) is 5.91 Å². The molecule has 98 valence electrons. The normalized spacial score (nSPS) is 24.1. The summed E-state index contributed by atoms with van der Waals surface area (Å²) in [6.45, 7) is 0.831. The maximum Gasteiger partial charge on any atom is 0.221 e. The summed E-state index contributed by atoms with van der Waals surface area (Å²) in [5, 5.41) is 6.20. The predicted octanol–water partition coefficient (Wildman–Crippen LogP) is 2.22. The lowest BCUT2D eigenvalue weighted by Crippen LogP contribution is -2.38. The van der Waals surface area contributed by atoms with Crippen LogP contribution in [0.3, 0.4) is 0 Å². The van der Waals surface area contributed by atoms with Gasteiger partial charge in [0.15, 0.2) is 0 Å². The zero-order valence-electron chi connectivity index (χ0n) is 11.1. The maximum absolute atomic E-state index is 11.1. The number of hydrogen-bond acceptors (Lipinski definition) is 2. The van der Waals surface area contributed by atoms with Crippen molar-refractivity contribution in [3.8, 4) is 0 Å². The second-order valence-corrected chi connectivity index (χ2v) is 5.86. The first-order valence-corrected chi connectivity index (χ1v) is 7.18. The summed E-state index contributed by atoms with van der Waals surface area (Å²) in [5.41, 5.74) is 0.721. The molecule has 17 heavy (non-hydrogen) atoms. The second-order valence-electron chi connectivity index (χ2n) is 5.86. The average Bonchev–Trinajstić information content (AvgIpc) is 2.80. The zero-order valence-corrected chi connectivity index (χ0v) is 11.1. The molecule has 0 radical (unpaired) electrons. The van der Waals surface area contributed by atoms with E-state index in [2.05, 4.69) is 10.6 Å². The second kappa shape index (κ2) is 5.85. The lowest BCUT2D eigenvalue weighted by molar-refractivity contribution is -0.120. The lowest BCUT2D eigenvalue weighted by Gasteiger charge is -2.37. The Morgan fingerprint density at radius 3 is 2.41 bits per heavy atom. The molecule has 2 rings (SSSR count). The maximum atomic E-state index is 11.1. The molecule has 2 fully saturated rings. The van der Waals surface area contributed by atoms with Gasteiger partial charge in [-0.25, -0.2) is 0 Å². The van der Waals surface area contributed by atoms with Crippen LogP contribution in [0, 0.1) is 5.41 Å². The van der Waals surface area contributed by atoms with Gasteiger partial charge in [0.25, 0.3) is 0 Å². The smallest absolute Gasteiger partial charge is 0.221 e. The van der Waals surface area contributed by atoms with Crippen LogP contribution in [0.4, 0.5) is 0 Å². The van der Waals surface area contributed by atoms with E-state index in [9.17, 15) is 4.79 Å². The van der Waals surface area contributed by atoms with Gasteiger partial charge >= 0.3 is 0 Å². The first-order valence-electron chi connectivity index (χ1n) is 7.18. The molecule has 2 N–H and O–H groups in total. The van der Waals surface area contributed by atoms with Crippen molar-refractivity contribution in [2.45, 2.75) is 63.8 Å². The predicted molar refractivity (Wildman–Crippen MR) is 69.8 cm³/mol. The van der Waals surface area contributed by atoms with Crippen LogP contribution in [-0.4, -0.2) is 25.5 Å². The molecule has 0 aromatic heterocycles. The quantitative estimate of drug-likeness (QED) is 0.788. The minimum absolute atomic E-state index is 0.139. The van der Waals surface area contributed by atoms with E-state index in [1.165, 1.54) is 51.4 Å². The summed E-state index contributed by atoms with van der Waals surface area (Å²) in [5.74, 6) is 0.139. The van der Waals surface area contributed by atoms with E-state index in [1.807, 2.05) is 0 Å². The Morgan fingerprint density at radius 1 is 1.18 bits per heavy atom. The molecule has 0 unspecified atom stereocenters. The van der Waals surface area contributed by atoms with Crippen LogP contribution in [-0.2, 0) is 4.79 Å². The van der Waals surface area contributed by atoms with E-state index >= 15 is 0 Å². The molecule has 3 heteroatoms. The van der Waals surface area contributed by atoms with Crippen LogP contribution in [0.15, 0.2) is 0 Å². The van der Waals surface area contributed by atoms with Gasteiger partial charge in [0.05, 0.1) is 0 Å². The molecule has 0 aromatic rings. The van der Waals surface area contributed by atoms with Gasteiger partial charge in [-0.3, -0.25) is 4.79 Å².